The minimum absolute atomic E-state index is 0.0104. The number of nitrogens with one attached hydrogen (secondary N) is 1. The minimum atomic E-state index is -0.993. The molecule has 1 aromatic heterocycles. The van der Waals surface area contributed by atoms with Crippen LogP contribution in [0, 0.1) is 0 Å². The average Bonchev–Trinajstić information content (AvgIpc) is 3.22. The van der Waals surface area contributed by atoms with E-state index in [1.807, 2.05) is 12.1 Å². The number of rotatable bonds is 4. The molecular weight excluding hydrogens is 382 g/mol. The number of carbonyl (C=O) groups is 2. The molecule has 0 bridgehead atoms. The summed E-state index contributed by atoms with van der Waals surface area (Å²) in [5.74, 6) is -1.21. The highest BCUT2D eigenvalue weighted by atomic mass is 32.1. The second kappa shape index (κ2) is 7.33. The molecule has 3 aromatic rings. The van der Waals surface area contributed by atoms with Gasteiger partial charge in [0.15, 0.2) is 0 Å². The van der Waals surface area contributed by atoms with Crippen LogP contribution in [0.4, 0.5) is 5.69 Å². The lowest BCUT2D eigenvalue weighted by molar-refractivity contribution is 0.0696. The summed E-state index contributed by atoms with van der Waals surface area (Å²) in [5, 5.41) is 16.0. The van der Waals surface area contributed by atoms with Gasteiger partial charge in [-0.05, 0) is 87.3 Å². The molecule has 0 spiro atoms. The number of fused-ring (bicyclic) bond motifs is 1. The number of thiophene rings is 1. The third-order valence-corrected chi connectivity index (χ3v) is 6.02. The molecule has 0 saturated carbocycles. The molecule has 29 heavy (non-hydrogen) atoms. The van der Waals surface area contributed by atoms with Crippen LogP contribution in [0.3, 0.4) is 0 Å². The van der Waals surface area contributed by atoms with E-state index in [4.69, 9.17) is 5.11 Å². The number of amides is 1. The third-order valence-electron chi connectivity index (χ3n) is 5.34. The van der Waals surface area contributed by atoms with Crippen molar-refractivity contribution in [2.24, 2.45) is 0 Å². The summed E-state index contributed by atoms with van der Waals surface area (Å²) in [5.41, 5.74) is 6.00. The number of anilines is 1. The molecule has 146 valence electrons. The quantitative estimate of drug-likeness (QED) is 0.577. The molecular formula is C24H21NO3S. The first-order valence-electron chi connectivity index (χ1n) is 9.37. The Labute approximate surface area is 173 Å². The van der Waals surface area contributed by atoms with Crippen LogP contribution >= 0.6 is 11.3 Å². The molecule has 5 heteroatoms. The fourth-order valence-electron chi connectivity index (χ4n) is 3.67. The Morgan fingerprint density at radius 2 is 1.76 bits per heavy atom. The molecule has 0 saturated heterocycles. The molecule has 4 nitrogen and oxygen atoms in total. The van der Waals surface area contributed by atoms with Crippen LogP contribution in [0.5, 0.6) is 0 Å². The van der Waals surface area contributed by atoms with Crippen molar-refractivity contribution in [3.05, 3.63) is 93.2 Å². The summed E-state index contributed by atoms with van der Waals surface area (Å²) in [6.07, 6.45) is 3.21. The molecule has 0 unspecified atom stereocenters. The van der Waals surface area contributed by atoms with Gasteiger partial charge in [0.05, 0.1) is 5.56 Å². The summed E-state index contributed by atoms with van der Waals surface area (Å²) in [7, 11) is 0. The van der Waals surface area contributed by atoms with Gasteiger partial charge < -0.3 is 10.4 Å². The zero-order chi connectivity index (χ0) is 20.6. The summed E-state index contributed by atoms with van der Waals surface area (Å²) < 4.78 is 0. The predicted molar refractivity (Wildman–Crippen MR) is 117 cm³/mol. The SMILES string of the molecule is CC1(C)CC=C(c2ccsc2)c2cc(C(=O)Nc3ccc(C(=O)O)cc3)ccc21. The van der Waals surface area contributed by atoms with E-state index in [1.54, 1.807) is 23.5 Å². The topological polar surface area (TPSA) is 66.4 Å². The number of hydrogen-bond donors (Lipinski definition) is 2. The highest BCUT2D eigenvalue weighted by Crippen LogP contribution is 2.42. The van der Waals surface area contributed by atoms with Gasteiger partial charge in [-0.3, -0.25) is 4.79 Å². The lowest BCUT2D eigenvalue weighted by Gasteiger charge is -2.32. The number of hydrogen-bond acceptors (Lipinski definition) is 3. The Balaban J connectivity index is 1.66. The second-order valence-corrected chi connectivity index (χ2v) is 8.59. The number of carbonyl (C=O) groups excluding carboxylic acids is 1. The van der Waals surface area contributed by atoms with Crippen molar-refractivity contribution >= 4 is 34.5 Å². The van der Waals surface area contributed by atoms with Gasteiger partial charge in [-0.15, -0.1) is 0 Å². The second-order valence-electron chi connectivity index (χ2n) is 7.81. The minimum Gasteiger partial charge on any atom is -0.478 e. The molecule has 2 N–H and O–H groups in total. The number of carboxylic acids is 1. The zero-order valence-electron chi connectivity index (χ0n) is 16.2. The third kappa shape index (κ3) is 3.74. The van der Waals surface area contributed by atoms with Crippen molar-refractivity contribution in [1.29, 1.82) is 0 Å². The van der Waals surface area contributed by atoms with Gasteiger partial charge in [-0.1, -0.05) is 26.0 Å². The van der Waals surface area contributed by atoms with E-state index in [0.717, 1.165) is 12.0 Å². The highest BCUT2D eigenvalue weighted by Gasteiger charge is 2.29. The Kier molecular flexibility index (Phi) is 4.84. The van der Waals surface area contributed by atoms with Crippen LogP contribution in [0.1, 0.15) is 57.7 Å². The lowest BCUT2D eigenvalue weighted by atomic mass is 9.72. The van der Waals surface area contributed by atoms with Crippen LogP contribution in [-0.4, -0.2) is 17.0 Å². The van der Waals surface area contributed by atoms with Gasteiger partial charge in [-0.2, -0.15) is 11.3 Å². The molecule has 1 aliphatic rings. The normalized spacial score (nSPS) is 14.6. The number of carboxylic acid groups (broad SMARTS) is 1. The summed E-state index contributed by atoms with van der Waals surface area (Å²) in [6.45, 7) is 4.44. The Morgan fingerprint density at radius 1 is 1.03 bits per heavy atom. The van der Waals surface area contributed by atoms with Gasteiger partial charge in [0.2, 0.25) is 0 Å². The first-order chi connectivity index (χ1) is 13.8. The largest absolute Gasteiger partial charge is 0.478 e. The fourth-order valence-corrected chi connectivity index (χ4v) is 4.32. The van der Waals surface area contributed by atoms with Gasteiger partial charge in [-0.25, -0.2) is 4.79 Å². The standard InChI is InChI=1S/C24H21NO3S/c1-24(2)11-9-19(17-10-12-29-14-17)20-13-16(5-8-21(20)24)22(26)25-18-6-3-15(4-7-18)23(27)28/h3-10,12-14H,11H2,1-2H3,(H,25,26)(H,27,28). The lowest BCUT2D eigenvalue weighted by Crippen LogP contribution is -2.23. The molecule has 1 heterocycles. The van der Waals surface area contributed by atoms with Crippen LogP contribution in [-0.2, 0) is 5.41 Å². The highest BCUT2D eigenvalue weighted by molar-refractivity contribution is 7.08. The van der Waals surface area contributed by atoms with Crippen molar-refractivity contribution < 1.29 is 14.7 Å². The molecule has 4 rings (SSSR count). The molecule has 1 amide bonds. The maximum absolute atomic E-state index is 12.8. The molecule has 0 aliphatic heterocycles. The average molecular weight is 404 g/mol. The molecule has 0 radical (unpaired) electrons. The van der Waals surface area contributed by atoms with Crippen LogP contribution in [0.25, 0.3) is 5.57 Å². The van der Waals surface area contributed by atoms with E-state index >= 15 is 0 Å². The van der Waals surface area contributed by atoms with Crippen LogP contribution in [0.15, 0.2) is 65.4 Å². The van der Waals surface area contributed by atoms with Gasteiger partial charge in [0, 0.05) is 11.3 Å². The molecule has 0 fully saturated rings. The zero-order valence-corrected chi connectivity index (χ0v) is 17.0. The summed E-state index contributed by atoms with van der Waals surface area (Å²) in [6, 6.07) is 14.1. The predicted octanol–water partition coefficient (Wildman–Crippen LogP) is 5.81. The van der Waals surface area contributed by atoms with E-state index in [-0.39, 0.29) is 16.9 Å². The van der Waals surface area contributed by atoms with Gasteiger partial charge >= 0.3 is 5.97 Å². The molecule has 1 aliphatic carbocycles. The first kappa shape index (κ1) is 19.2. The van der Waals surface area contributed by atoms with E-state index < -0.39 is 5.97 Å². The van der Waals surface area contributed by atoms with Crippen LogP contribution < -0.4 is 5.32 Å². The van der Waals surface area contributed by atoms with Gasteiger partial charge in [0.1, 0.15) is 0 Å². The fraction of sp³-hybridized carbons (Fsp3) is 0.167. The van der Waals surface area contributed by atoms with Crippen molar-refractivity contribution in [2.45, 2.75) is 25.7 Å². The number of allylic oxidation sites excluding steroid dienone is 1. The maximum Gasteiger partial charge on any atom is 0.335 e. The van der Waals surface area contributed by atoms with E-state index in [2.05, 4.69) is 48.1 Å². The maximum atomic E-state index is 12.8. The summed E-state index contributed by atoms with van der Waals surface area (Å²) >= 11 is 1.66. The monoisotopic (exact) mass is 403 g/mol. The summed E-state index contributed by atoms with van der Waals surface area (Å²) in [4.78, 5) is 23.8. The van der Waals surface area contributed by atoms with Crippen LogP contribution in [0.2, 0.25) is 0 Å². The Bertz CT molecular complexity index is 1110. The smallest absolute Gasteiger partial charge is 0.335 e. The number of benzene rings is 2. The Morgan fingerprint density at radius 3 is 2.41 bits per heavy atom. The van der Waals surface area contributed by atoms with Gasteiger partial charge in [0.25, 0.3) is 5.91 Å². The first-order valence-corrected chi connectivity index (χ1v) is 10.3. The van der Waals surface area contributed by atoms with E-state index in [1.165, 1.54) is 28.8 Å². The van der Waals surface area contributed by atoms with Crippen molar-refractivity contribution in [1.82, 2.24) is 0 Å². The van der Waals surface area contributed by atoms with Crippen molar-refractivity contribution in [2.75, 3.05) is 5.32 Å². The Hall–Kier alpha value is -3.18. The number of aromatic carboxylic acids is 1. The van der Waals surface area contributed by atoms with E-state index in [9.17, 15) is 9.59 Å². The van der Waals surface area contributed by atoms with Crippen molar-refractivity contribution in [3.63, 3.8) is 0 Å². The molecule has 2 aromatic carbocycles. The van der Waals surface area contributed by atoms with E-state index in [0.29, 0.717) is 11.3 Å². The molecule has 0 atom stereocenters. The van der Waals surface area contributed by atoms with Crippen molar-refractivity contribution in [3.8, 4) is 0 Å².